The summed E-state index contributed by atoms with van der Waals surface area (Å²) in [4.78, 5) is 24.2. The van der Waals surface area contributed by atoms with E-state index in [4.69, 9.17) is 11.6 Å². The van der Waals surface area contributed by atoms with E-state index in [9.17, 15) is 14.7 Å². The lowest BCUT2D eigenvalue weighted by atomic mass is 9.78. The number of amides is 2. The Bertz CT molecular complexity index is 962. The Balaban J connectivity index is 1.98. The second kappa shape index (κ2) is 10.2. The fraction of sp³-hybridized carbons (Fsp3) is 0.385. The smallest absolute Gasteiger partial charge is 0.262 e. The average Bonchev–Trinajstić information content (AvgIpc) is 2.69. The molecule has 0 aliphatic heterocycles. The molecule has 2 amide bonds. The molecule has 0 fully saturated rings. The maximum Gasteiger partial charge on any atom is 0.262 e. The summed E-state index contributed by atoms with van der Waals surface area (Å²) in [5, 5.41) is 11.4. The van der Waals surface area contributed by atoms with E-state index in [-0.39, 0.29) is 23.2 Å². The van der Waals surface area contributed by atoms with Crippen molar-refractivity contribution in [1.82, 2.24) is 10.9 Å². The number of rotatable bonds is 5. The van der Waals surface area contributed by atoms with Crippen LogP contribution < -0.4 is 10.9 Å². The predicted molar refractivity (Wildman–Crippen MR) is 131 cm³/mol. The Morgan fingerprint density at radius 2 is 1.47 bits per heavy atom. The molecule has 0 aromatic heterocycles. The topological polar surface area (TPSA) is 78.4 Å². The fourth-order valence-corrected chi connectivity index (χ4v) is 3.35. The SMILES string of the molecule is CC(C)(C)c1cc(CCC(=O)NNC(=O)C=Cc2ccc(Cl)cc2)cc(C(C)(C)C)c1O. The van der Waals surface area contributed by atoms with Gasteiger partial charge in [-0.15, -0.1) is 0 Å². The number of halogens is 1. The zero-order valence-corrected chi connectivity index (χ0v) is 20.4. The lowest BCUT2D eigenvalue weighted by Crippen LogP contribution is -2.40. The van der Waals surface area contributed by atoms with Crippen molar-refractivity contribution in [2.45, 2.75) is 65.2 Å². The van der Waals surface area contributed by atoms with Gasteiger partial charge in [-0.05, 0) is 57.7 Å². The Morgan fingerprint density at radius 1 is 0.938 bits per heavy atom. The van der Waals surface area contributed by atoms with E-state index in [0.29, 0.717) is 17.2 Å². The molecule has 0 bridgehead atoms. The van der Waals surface area contributed by atoms with Crippen molar-refractivity contribution < 1.29 is 14.7 Å². The van der Waals surface area contributed by atoms with E-state index in [0.717, 1.165) is 22.3 Å². The highest BCUT2D eigenvalue weighted by Gasteiger charge is 2.26. The number of phenolic OH excluding ortho intramolecular Hbond substituents is 1. The van der Waals surface area contributed by atoms with Gasteiger partial charge < -0.3 is 5.11 Å². The molecule has 3 N–H and O–H groups in total. The van der Waals surface area contributed by atoms with Crippen molar-refractivity contribution in [2.24, 2.45) is 0 Å². The summed E-state index contributed by atoms with van der Waals surface area (Å²) in [6, 6.07) is 11.0. The monoisotopic (exact) mass is 456 g/mol. The average molecular weight is 457 g/mol. The number of phenols is 1. The second-order valence-corrected chi connectivity index (χ2v) is 10.4. The first-order valence-corrected chi connectivity index (χ1v) is 11.0. The predicted octanol–water partition coefficient (Wildman–Crippen LogP) is 5.43. The van der Waals surface area contributed by atoms with Gasteiger partial charge in [0.05, 0.1) is 0 Å². The van der Waals surface area contributed by atoms with Gasteiger partial charge in [0.25, 0.3) is 5.91 Å². The van der Waals surface area contributed by atoms with Crippen LogP contribution in [-0.2, 0) is 26.8 Å². The third kappa shape index (κ3) is 7.41. The van der Waals surface area contributed by atoms with Crippen LogP contribution in [0.15, 0.2) is 42.5 Å². The summed E-state index contributed by atoms with van der Waals surface area (Å²) < 4.78 is 0. The molecule has 172 valence electrons. The normalized spacial score (nSPS) is 12.1. The highest BCUT2D eigenvalue weighted by molar-refractivity contribution is 6.30. The van der Waals surface area contributed by atoms with Gasteiger partial charge in [-0.1, -0.05) is 77.4 Å². The lowest BCUT2D eigenvalue weighted by molar-refractivity contribution is -0.126. The second-order valence-electron chi connectivity index (χ2n) is 9.96. The van der Waals surface area contributed by atoms with Crippen molar-refractivity contribution >= 4 is 29.5 Å². The third-order valence-electron chi connectivity index (χ3n) is 5.05. The summed E-state index contributed by atoms with van der Waals surface area (Å²) in [6.45, 7) is 12.3. The van der Waals surface area contributed by atoms with Crippen LogP contribution in [0.25, 0.3) is 6.08 Å². The van der Waals surface area contributed by atoms with Crippen molar-refractivity contribution in [3.05, 3.63) is 69.8 Å². The van der Waals surface area contributed by atoms with Gasteiger partial charge in [-0.2, -0.15) is 0 Å². The first kappa shape index (κ1) is 25.5. The van der Waals surface area contributed by atoms with Crippen LogP contribution in [0.1, 0.15) is 70.2 Å². The Labute approximate surface area is 195 Å². The Morgan fingerprint density at radius 3 is 1.97 bits per heavy atom. The van der Waals surface area contributed by atoms with E-state index in [1.165, 1.54) is 6.08 Å². The van der Waals surface area contributed by atoms with Crippen LogP contribution >= 0.6 is 11.6 Å². The first-order chi connectivity index (χ1) is 14.8. The summed E-state index contributed by atoms with van der Waals surface area (Å²) in [5.41, 5.74) is 7.89. The van der Waals surface area contributed by atoms with E-state index < -0.39 is 5.91 Å². The summed E-state index contributed by atoms with van der Waals surface area (Å²) >= 11 is 5.84. The summed E-state index contributed by atoms with van der Waals surface area (Å²) in [7, 11) is 0. The first-order valence-electron chi connectivity index (χ1n) is 10.7. The number of hydrogen-bond donors (Lipinski definition) is 3. The van der Waals surface area contributed by atoms with Crippen LogP contribution in [0.5, 0.6) is 5.75 Å². The largest absolute Gasteiger partial charge is 0.507 e. The van der Waals surface area contributed by atoms with Crippen molar-refractivity contribution in [1.29, 1.82) is 0 Å². The van der Waals surface area contributed by atoms with Crippen molar-refractivity contribution in [2.75, 3.05) is 0 Å². The van der Waals surface area contributed by atoms with Crippen molar-refractivity contribution in [3.63, 3.8) is 0 Å². The molecule has 2 aromatic carbocycles. The molecule has 2 aromatic rings. The standard InChI is InChI=1S/C26H33ClN2O3/c1-25(2,3)20-15-18(16-21(24(20)32)26(4,5)6)10-14-23(31)29-28-22(30)13-9-17-7-11-19(27)12-8-17/h7-9,11-13,15-16,32H,10,14H2,1-6H3,(H,28,30)(H,29,31). The molecular formula is C26H33ClN2O3. The van der Waals surface area contributed by atoms with Crippen LogP contribution in [0.2, 0.25) is 5.02 Å². The number of hydrogen-bond acceptors (Lipinski definition) is 3. The van der Waals surface area contributed by atoms with Gasteiger partial charge >= 0.3 is 0 Å². The molecule has 0 saturated heterocycles. The molecule has 2 rings (SSSR count). The zero-order valence-electron chi connectivity index (χ0n) is 19.7. The number of aryl methyl sites for hydroxylation is 1. The van der Waals surface area contributed by atoms with Gasteiger partial charge in [-0.3, -0.25) is 20.4 Å². The van der Waals surface area contributed by atoms with Gasteiger partial charge in [0, 0.05) is 17.5 Å². The van der Waals surface area contributed by atoms with E-state index in [2.05, 4.69) is 52.4 Å². The molecule has 5 nitrogen and oxygen atoms in total. The molecule has 0 atom stereocenters. The zero-order chi connectivity index (χ0) is 24.1. The van der Waals surface area contributed by atoms with Crippen LogP contribution in [0, 0.1) is 0 Å². The maximum atomic E-state index is 12.2. The molecule has 32 heavy (non-hydrogen) atoms. The Kier molecular flexibility index (Phi) is 8.13. The highest BCUT2D eigenvalue weighted by Crippen LogP contribution is 2.39. The van der Waals surface area contributed by atoms with E-state index in [1.54, 1.807) is 30.3 Å². The molecule has 0 radical (unpaired) electrons. The maximum absolute atomic E-state index is 12.2. The number of hydrazine groups is 1. The Hall–Kier alpha value is -2.79. The third-order valence-corrected chi connectivity index (χ3v) is 5.30. The van der Waals surface area contributed by atoms with Gasteiger partial charge in [-0.25, -0.2) is 0 Å². The molecule has 0 saturated carbocycles. The lowest BCUT2D eigenvalue weighted by Gasteiger charge is -2.28. The molecular weight excluding hydrogens is 424 g/mol. The number of aromatic hydroxyl groups is 1. The molecule has 6 heteroatoms. The minimum Gasteiger partial charge on any atom is -0.507 e. The molecule has 0 aliphatic rings. The van der Waals surface area contributed by atoms with E-state index >= 15 is 0 Å². The minimum atomic E-state index is -0.428. The fourth-order valence-electron chi connectivity index (χ4n) is 3.22. The van der Waals surface area contributed by atoms with Crippen LogP contribution in [0.3, 0.4) is 0 Å². The highest BCUT2D eigenvalue weighted by atomic mass is 35.5. The minimum absolute atomic E-state index is 0.207. The van der Waals surface area contributed by atoms with Gasteiger partial charge in [0.15, 0.2) is 0 Å². The molecule has 0 unspecified atom stereocenters. The van der Waals surface area contributed by atoms with Crippen LogP contribution in [0.4, 0.5) is 0 Å². The van der Waals surface area contributed by atoms with Crippen LogP contribution in [-0.4, -0.2) is 16.9 Å². The number of nitrogens with one attached hydrogen (secondary N) is 2. The van der Waals surface area contributed by atoms with Crippen molar-refractivity contribution in [3.8, 4) is 5.75 Å². The van der Waals surface area contributed by atoms with Gasteiger partial charge in [0.1, 0.15) is 5.75 Å². The summed E-state index contributed by atoms with van der Waals surface area (Å²) in [5.74, 6) is -0.401. The van der Waals surface area contributed by atoms with Gasteiger partial charge in [0.2, 0.25) is 5.91 Å². The quantitative estimate of drug-likeness (QED) is 0.414. The number of carbonyl (C=O) groups is 2. The molecule has 0 heterocycles. The molecule has 0 aliphatic carbocycles. The number of carbonyl (C=O) groups excluding carboxylic acids is 2. The summed E-state index contributed by atoms with van der Waals surface area (Å²) in [6.07, 6.45) is 3.68. The molecule has 0 spiro atoms. The number of benzene rings is 2. The van der Waals surface area contributed by atoms with E-state index in [1.807, 2.05) is 12.1 Å².